The molecule has 2 aliphatic heterocycles. The van der Waals surface area contributed by atoms with Crippen LogP contribution in [-0.2, 0) is 33.4 Å². The number of hydrogen-bond donors (Lipinski definition) is 0. The first kappa shape index (κ1) is 23.5. The molecule has 0 aromatic heterocycles. The van der Waals surface area contributed by atoms with Crippen LogP contribution in [0.15, 0.2) is 24.0 Å². The molecule has 2 spiro atoms. The van der Waals surface area contributed by atoms with Crippen molar-refractivity contribution < 1.29 is 33.4 Å². The van der Waals surface area contributed by atoms with Gasteiger partial charge < -0.3 is 18.9 Å². The van der Waals surface area contributed by atoms with E-state index in [0.717, 1.165) is 29.5 Å². The summed E-state index contributed by atoms with van der Waals surface area (Å²) in [4.78, 5) is 33.1. The maximum Gasteiger partial charge on any atom is 0.314 e. The molecule has 4 aliphatic rings. The Labute approximate surface area is 200 Å². The van der Waals surface area contributed by atoms with E-state index in [1.54, 1.807) is 6.92 Å². The number of benzene rings is 1. The molecule has 3 fully saturated rings. The van der Waals surface area contributed by atoms with Crippen molar-refractivity contribution in [2.45, 2.75) is 76.9 Å². The largest absolute Gasteiger partial charge is 0.427 e. The van der Waals surface area contributed by atoms with Crippen molar-refractivity contribution in [3.8, 4) is 0 Å². The third-order valence-corrected chi connectivity index (χ3v) is 7.52. The van der Waals surface area contributed by atoms with Crippen molar-refractivity contribution in [3.05, 3.63) is 40.6 Å². The number of amides is 1. The summed E-state index contributed by atoms with van der Waals surface area (Å²) in [7, 11) is 1.53. The first-order valence-electron chi connectivity index (χ1n) is 12.2. The molecule has 8 nitrogen and oxygen atoms in total. The Morgan fingerprint density at radius 1 is 1.09 bits per heavy atom. The van der Waals surface area contributed by atoms with Crippen LogP contribution in [0, 0.1) is 19.8 Å². The summed E-state index contributed by atoms with van der Waals surface area (Å²) in [5.74, 6) is -0.962. The molecule has 2 saturated carbocycles. The Bertz CT molecular complexity index is 992. The number of hydrogen-bond acceptors (Lipinski definition) is 7. The monoisotopic (exact) mass is 471 g/mol. The molecule has 0 N–H and O–H groups in total. The van der Waals surface area contributed by atoms with Crippen molar-refractivity contribution in [2.75, 3.05) is 20.3 Å². The van der Waals surface area contributed by atoms with Gasteiger partial charge in [0, 0.05) is 20.0 Å². The van der Waals surface area contributed by atoms with Gasteiger partial charge in [0.2, 0.25) is 0 Å². The molecule has 1 amide bonds. The third kappa shape index (κ3) is 3.86. The maximum absolute atomic E-state index is 14.1. The van der Waals surface area contributed by atoms with Crippen LogP contribution in [-0.4, -0.2) is 54.9 Å². The molecule has 2 heterocycles. The third-order valence-electron chi connectivity index (χ3n) is 7.52. The van der Waals surface area contributed by atoms with E-state index < -0.39 is 17.6 Å². The van der Waals surface area contributed by atoms with Crippen LogP contribution < -0.4 is 0 Å². The molecule has 5 rings (SSSR count). The van der Waals surface area contributed by atoms with Gasteiger partial charge in [-0.3, -0.25) is 9.59 Å². The Hall–Kier alpha value is -2.26. The predicted octanol–water partition coefficient (Wildman–Crippen LogP) is 3.79. The van der Waals surface area contributed by atoms with Crippen LogP contribution in [0.5, 0.6) is 0 Å². The zero-order valence-electron chi connectivity index (χ0n) is 20.3. The maximum atomic E-state index is 14.1. The lowest BCUT2D eigenvalue weighted by molar-refractivity contribution is -0.294. The van der Waals surface area contributed by atoms with E-state index in [-0.39, 0.29) is 17.8 Å². The van der Waals surface area contributed by atoms with Gasteiger partial charge in [-0.2, -0.15) is 0 Å². The van der Waals surface area contributed by atoms with E-state index in [9.17, 15) is 9.59 Å². The average molecular weight is 472 g/mol. The summed E-state index contributed by atoms with van der Waals surface area (Å²) in [6.45, 7) is 6.78. The van der Waals surface area contributed by atoms with Gasteiger partial charge in [0.05, 0.1) is 24.7 Å². The van der Waals surface area contributed by atoms with Crippen LogP contribution in [0.2, 0.25) is 0 Å². The fourth-order valence-corrected chi connectivity index (χ4v) is 5.40. The normalized spacial score (nSPS) is 24.4. The lowest BCUT2D eigenvalue weighted by atomic mass is 9.77. The van der Waals surface area contributed by atoms with E-state index in [4.69, 9.17) is 23.8 Å². The van der Waals surface area contributed by atoms with Gasteiger partial charge in [-0.25, -0.2) is 9.90 Å². The van der Waals surface area contributed by atoms with Crippen molar-refractivity contribution in [1.82, 2.24) is 5.06 Å². The Kier molecular flexibility index (Phi) is 6.04. The van der Waals surface area contributed by atoms with E-state index in [0.29, 0.717) is 50.2 Å². The second-order valence-electron chi connectivity index (χ2n) is 9.81. The molecule has 1 saturated heterocycles. The van der Waals surface area contributed by atoms with E-state index in [1.807, 2.05) is 32.0 Å². The molecule has 34 heavy (non-hydrogen) atoms. The second-order valence-corrected chi connectivity index (χ2v) is 9.81. The van der Waals surface area contributed by atoms with Crippen LogP contribution in [0.25, 0.3) is 5.57 Å². The van der Waals surface area contributed by atoms with E-state index in [1.165, 1.54) is 12.2 Å². The molecular formula is C26H33NO7. The molecule has 1 unspecified atom stereocenters. The molecule has 8 heteroatoms. The number of hydroxylamine groups is 2. The van der Waals surface area contributed by atoms with Gasteiger partial charge in [-0.15, -0.1) is 0 Å². The minimum absolute atomic E-state index is 0.108. The summed E-state index contributed by atoms with van der Waals surface area (Å²) in [6, 6.07) is 5.89. The van der Waals surface area contributed by atoms with Gasteiger partial charge in [-0.05, 0) is 63.1 Å². The highest BCUT2D eigenvalue weighted by Gasteiger charge is 2.60. The fourth-order valence-electron chi connectivity index (χ4n) is 5.40. The molecule has 0 bridgehead atoms. The quantitative estimate of drug-likeness (QED) is 0.461. The first-order valence-corrected chi connectivity index (χ1v) is 12.2. The van der Waals surface area contributed by atoms with Crippen LogP contribution in [0.1, 0.15) is 62.1 Å². The summed E-state index contributed by atoms with van der Waals surface area (Å²) < 4.78 is 23.4. The topological polar surface area (TPSA) is 83.5 Å². The summed E-state index contributed by atoms with van der Waals surface area (Å²) >= 11 is 0. The molecule has 2 aliphatic carbocycles. The number of carbonyl (C=O) groups excluding carboxylic acids is 2. The highest BCUT2D eigenvalue weighted by atomic mass is 16.8. The minimum atomic E-state index is -0.945. The average Bonchev–Trinajstić information content (AvgIpc) is 3.55. The summed E-state index contributed by atoms with van der Waals surface area (Å²) in [5.41, 5.74) is 2.12. The fraction of sp³-hybridized carbons (Fsp3) is 0.615. The first-order chi connectivity index (χ1) is 16.3. The number of ether oxygens (including phenoxy) is 4. The molecule has 184 valence electrons. The Morgan fingerprint density at radius 3 is 2.26 bits per heavy atom. The number of nitrogens with zero attached hydrogens (tertiary/aromatic N) is 1. The van der Waals surface area contributed by atoms with Crippen LogP contribution in [0.3, 0.4) is 0 Å². The Morgan fingerprint density at radius 2 is 1.71 bits per heavy atom. The number of esters is 1. The molecule has 1 aromatic carbocycles. The molecule has 0 radical (unpaired) electrons. The van der Waals surface area contributed by atoms with Gasteiger partial charge in [0.15, 0.2) is 12.1 Å². The minimum Gasteiger partial charge on any atom is -0.427 e. The van der Waals surface area contributed by atoms with E-state index in [2.05, 4.69) is 0 Å². The van der Waals surface area contributed by atoms with Gasteiger partial charge in [0.1, 0.15) is 11.3 Å². The van der Waals surface area contributed by atoms with Crippen molar-refractivity contribution in [2.24, 2.45) is 5.92 Å². The second kappa shape index (κ2) is 8.75. The number of carbonyl (C=O) groups is 2. The standard InChI is InChI=1S/C26H33NO7/c1-16-6-5-7-17(2)20(16)21-22(33-24(29)19-8-9-19)25(27(23(21)28)34-18(3)30-4)10-12-26(13-11-25)31-14-15-32-26/h5-7,18-19H,8-15H2,1-4H3. The van der Waals surface area contributed by atoms with Gasteiger partial charge >= 0.3 is 5.97 Å². The van der Waals surface area contributed by atoms with E-state index >= 15 is 0 Å². The smallest absolute Gasteiger partial charge is 0.314 e. The van der Waals surface area contributed by atoms with Crippen LogP contribution >= 0.6 is 0 Å². The number of rotatable bonds is 6. The zero-order valence-corrected chi connectivity index (χ0v) is 20.3. The zero-order chi connectivity index (χ0) is 24.1. The lowest BCUT2D eigenvalue weighted by Gasteiger charge is -2.46. The molecule has 1 aromatic rings. The van der Waals surface area contributed by atoms with Crippen LogP contribution in [0.4, 0.5) is 0 Å². The predicted molar refractivity (Wildman–Crippen MR) is 122 cm³/mol. The van der Waals surface area contributed by atoms with Crippen molar-refractivity contribution >= 4 is 17.4 Å². The summed E-state index contributed by atoms with van der Waals surface area (Å²) in [5, 5.41) is 1.40. The van der Waals surface area contributed by atoms with Crippen molar-refractivity contribution in [1.29, 1.82) is 0 Å². The highest BCUT2D eigenvalue weighted by Crippen LogP contribution is 2.53. The number of aryl methyl sites for hydroxylation is 2. The van der Waals surface area contributed by atoms with Gasteiger partial charge in [-0.1, -0.05) is 18.2 Å². The molecular weight excluding hydrogens is 438 g/mol. The lowest BCUT2D eigenvalue weighted by Crippen LogP contribution is -2.55. The highest BCUT2D eigenvalue weighted by molar-refractivity contribution is 6.23. The summed E-state index contributed by atoms with van der Waals surface area (Å²) in [6.07, 6.45) is 3.06. The number of methoxy groups -OCH3 is 1. The SMILES string of the molecule is COC(C)ON1C(=O)C(c2c(C)cccc2C)=C(OC(=O)C2CC2)C12CCC1(CC2)OCCO1. The molecule has 1 atom stereocenters. The van der Waals surface area contributed by atoms with Crippen molar-refractivity contribution in [3.63, 3.8) is 0 Å². The Balaban J connectivity index is 1.64. The van der Waals surface area contributed by atoms with Gasteiger partial charge in [0.25, 0.3) is 5.91 Å².